The second-order valence-corrected chi connectivity index (χ2v) is 5.84. The maximum Gasteiger partial charge on any atom is 0.238 e. The highest BCUT2D eigenvalue weighted by Crippen LogP contribution is 2.32. The number of methoxy groups -OCH3 is 1. The molecule has 1 aromatic rings. The minimum Gasteiger partial charge on any atom is -0.383 e. The molecule has 1 rings (SSSR count). The van der Waals surface area contributed by atoms with Crippen LogP contribution in [-0.4, -0.2) is 32.7 Å². The van der Waals surface area contributed by atoms with Gasteiger partial charge in [0.2, 0.25) is 5.91 Å². The molecule has 21 heavy (non-hydrogen) atoms. The normalized spacial score (nSPS) is 11.2. The molecular weight excluding hydrogens is 264 g/mol. The van der Waals surface area contributed by atoms with Crippen LogP contribution in [0.1, 0.15) is 50.7 Å². The molecule has 0 radical (unpaired) electrons. The summed E-state index contributed by atoms with van der Waals surface area (Å²) in [6.45, 7) is 10.2. The van der Waals surface area contributed by atoms with E-state index in [1.54, 1.807) is 7.11 Å². The third kappa shape index (κ3) is 5.48. The first-order chi connectivity index (χ1) is 9.97. The maximum atomic E-state index is 12.1. The van der Waals surface area contributed by atoms with Crippen molar-refractivity contribution < 1.29 is 9.53 Å². The Bertz CT molecular complexity index is 430. The Morgan fingerprint density at radius 3 is 2.19 bits per heavy atom. The lowest BCUT2D eigenvalue weighted by molar-refractivity contribution is -0.115. The number of carbonyl (C=O) groups excluding carboxylic acids is 1. The van der Waals surface area contributed by atoms with E-state index in [0.717, 1.165) is 5.69 Å². The molecule has 118 valence electrons. The van der Waals surface area contributed by atoms with Gasteiger partial charge in [0, 0.05) is 19.3 Å². The Kier molecular flexibility index (Phi) is 7.40. The second kappa shape index (κ2) is 8.80. The van der Waals surface area contributed by atoms with Crippen molar-refractivity contribution in [3.8, 4) is 0 Å². The summed E-state index contributed by atoms with van der Waals surface area (Å²) in [5, 5.41) is 6.14. The number of para-hydroxylation sites is 1. The molecule has 0 aliphatic carbocycles. The second-order valence-electron chi connectivity index (χ2n) is 5.84. The lowest BCUT2D eigenvalue weighted by Crippen LogP contribution is -2.31. The van der Waals surface area contributed by atoms with Crippen molar-refractivity contribution in [3.63, 3.8) is 0 Å². The van der Waals surface area contributed by atoms with Crippen molar-refractivity contribution in [2.24, 2.45) is 0 Å². The van der Waals surface area contributed by atoms with E-state index in [4.69, 9.17) is 4.74 Å². The minimum atomic E-state index is -0.0129. The summed E-state index contributed by atoms with van der Waals surface area (Å²) in [7, 11) is 1.65. The van der Waals surface area contributed by atoms with Gasteiger partial charge in [-0.1, -0.05) is 45.9 Å². The topological polar surface area (TPSA) is 50.4 Å². The number of rotatable bonds is 8. The zero-order valence-corrected chi connectivity index (χ0v) is 13.8. The number of benzene rings is 1. The van der Waals surface area contributed by atoms with Crippen LogP contribution in [0.25, 0.3) is 0 Å². The van der Waals surface area contributed by atoms with Crippen LogP contribution in [0, 0.1) is 0 Å². The molecular formula is C17H28N2O2. The van der Waals surface area contributed by atoms with Gasteiger partial charge < -0.3 is 15.4 Å². The fourth-order valence-electron chi connectivity index (χ4n) is 2.26. The van der Waals surface area contributed by atoms with Crippen molar-refractivity contribution >= 4 is 11.6 Å². The van der Waals surface area contributed by atoms with Gasteiger partial charge in [0.25, 0.3) is 0 Å². The Morgan fingerprint density at radius 1 is 1.14 bits per heavy atom. The van der Waals surface area contributed by atoms with E-state index in [-0.39, 0.29) is 5.91 Å². The van der Waals surface area contributed by atoms with Crippen LogP contribution in [-0.2, 0) is 9.53 Å². The van der Waals surface area contributed by atoms with Crippen LogP contribution in [0.5, 0.6) is 0 Å². The number of ether oxygens (including phenoxy) is 1. The van der Waals surface area contributed by atoms with Gasteiger partial charge in [0.1, 0.15) is 0 Å². The average Bonchev–Trinajstić information content (AvgIpc) is 2.43. The maximum absolute atomic E-state index is 12.1. The summed E-state index contributed by atoms with van der Waals surface area (Å²) < 4.78 is 4.95. The van der Waals surface area contributed by atoms with E-state index in [0.29, 0.717) is 31.5 Å². The molecule has 1 amide bonds. The molecule has 0 saturated carbocycles. The molecule has 0 aliphatic rings. The molecule has 0 heterocycles. The Labute approximate surface area is 128 Å². The molecule has 4 heteroatoms. The van der Waals surface area contributed by atoms with Gasteiger partial charge in [-0.15, -0.1) is 0 Å². The molecule has 0 bridgehead atoms. The summed E-state index contributed by atoms with van der Waals surface area (Å²) in [5.74, 6) is 0.738. The number of nitrogens with one attached hydrogen (secondary N) is 2. The van der Waals surface area contributed by atoms with Gasteiger partial charge in [-0.2, -0.15) is 0 Å². The van der Waals surface area contributed by atoms with Crippen LogP contribution in [0.3, 0.4) is 0 Å². The zero-order valence-electron chi connectivity index (χ0n) is 13.8. The largest absolute Gasteiger partial charge is 0.383 e. The third-order valence-corrected chi connectivity index (χ3v) is 3.41. The molecule has 0 saturated heterocycles. The minimum absolute atomic E-state index is 0.0129. The lowest BCUT2D eigenvalue weighted by Gasteiger charge is -2.20. The number of hydrogen-bond acceptors (Lipinski definition) is 3. The van der Waals surface area contributed by atoms with Gasteiger partial charge in [-0.25, -0.2) is 0 Å². The van der Waals surface area contributed by atoms with Crippen LogP contribution >= 0.6 is 0 Å². The van der Waals surface area contributed by atoms with Gasteiger partial charge in [-0.3, -0.25) is 4.79 Å². The first-order valence-corrected chi connectivity index (χ1v) is 7.59. The van der Waals surface area contributed by atoms with Crippen LogP contribution in [0.4, 0.5) is 5.69 Å². The Balaban J connectivity index is 2.82. The van der Waals surface area contributed by atoms with Gasteiger partial charge in [0.05, 0.1) is 13.2 Å². The molecule has 0 spiro atoms. The standard InChI is InChI=1S/C17H28N2O2/c1-12(2)14-7-6-8-15(13(3)4)17(14)19-16(20)11-18-9-10-21-5/h6-8,12-13,18H,9-11H2,1-5H3,(H,19,20). The van der Waals surface area contributed by atoms with E-state index in [9.17, 15) is 4.79 Å². The molecule has 0 aliphatic heterocycles. The Morgan fingerprint density at radius 2 is 1.71 bits per heavy atom. The summed E-state index contributed by atoms with van der Waals surface area (Å²) in [4.78, 5) is 12.1. The fraction of sp³-hybridized carbons (Fsp3) is 0.588. The van der Waals surface area contributed by atoms with E-state index < -0.39 is 0 Å². The fourth-order valence-corrected chi connectivity index (χ4v) is 2.26. The highest BCUT2D eigenvalue weighted by molar-refractivity contribution is 5.94. The first-order valence-electron chi connectivity index (χ1n) is 7.59. The quantitative estimate of drug-likeness (QED) is 0.724. The van der Waals surface area contributed by atoms with Crippen molar-refractivity contribution in [2.45, 2.75) is 39.5 Å². The smallest absolute Gasteiger partial charge is 0.238 e. The highest BCUT2D eigenvalue weighted by atomic mass is 16.5. The molecule has 0 unspecified atom stereocenters. The molecule has 1 aromatic carbocycles. The summed E-state index contributed by atoms with van der Waals surface area (Å²) >= 11 is 0. The van der Waals surface area contributed by atoms with E-state index in [2.05, 4.69) is 56.5 Å². The van der Waals surface area contributed by atoms with Crippen molar-refractivity contribution in [1.29, 1.82) is 0 Å². The van der Waals surface area contributed by atoms with Crippen molar-refractivity contribution in [1.82, 2.24) is 5.32 Å². The molecule has 2 N–H and O–H groups in total. The molecule has 0 atom stereocenters. The number of hydrogen-bond donors (Lipinski definition) is 2. The zero-order chi connectivity index (χ0) is 15.8. The monoisotopic (exact) mass is 292 g/mol. The van der Waals surface area contributed by atoms with E-state index >= 15 is 0 Å². The predicted octanol–water partition coefficient (Wildman–Crippen LogP) is 3.11. The molecule has 4 nitrogen and oxygen atoms in total. The summed E-state index contributed by atoms with van der Waals surface area (Å²) in [5.41, 5.74) is 3.35. The SMILES string of the molecule is COCCNCC(=O)Nc1c(C(C)C)cccc1C(C)C. The lowest BCUT2D eigenvalue weighted by atomic mass is 9.92. The predicted molar refractivity (Wildman–Crippen MR) is 88.0 cm³/mol. The average molecular weight is 292 g/mol. The van der Waals surface area contributed by atoms with Crippen molar-refractivity contribution in [2.75, 3.05) is 32.1 Å². The number of amides is 1. The van der Waals surface area contributed by atoms with E-state index in [1.807, 2.05) is 0 Å². The van der Waals surface area contributed by atoms with Crippen LogP contribution in [0.15, 0.2) is 18.2 Å². The third-order valence-electron chi connectivity index (χ3n) is 3.41. The van der Waals surface area contributed by atoms with Gasteiger partial charge in [0.15, 0.2) is 0 Å². The van der Waals surface area contributed by atoms with Crippen LogP contribution in [0.2, 0.25) is 0 Å². The number of anilines is 1. The van der Waals surface area contributed by atoms with Crippen LogP contribution < -0.4 is 10.6 Å². The van der Waals surface area contributed by atoms with E-state index in [1.165, 1.54) is 11.1 Å². The first kappa shape index (κ1) is 17.7. The van der Waals surface area contributed by atoms with Gasteiger partial charge >= 0.3 is 0 Å². The Hall–Kier alpha value is -1.39. The summed E-state index contributed by atoms with van der Waals surface area (Å²) in [6, 6.07) is 6.24. The summed E-state index contributed by atoms with van der Waals surface area (Å²) in [6.07, 6.45) is 0. The van der Waals surface area contributed by atoms with Crippen molar-refractivity contribution in [3.05, 3.63) is 29.3 Å². The highest BCUT2D eigenvalue weighted by Gasteiger charge is 2.15. The molecule has 0 aromatic heterocycles. The number of carbonyl (C=O) groups is 1. The van der Waals surface area contributed by atoms with Gasteiger partial charge in [-0.05, 0) is 23.0 Å². The molecule has 0 fully saturated rings.